The quantitative estimate of drug-likeness (QED) is 0.743. The van der Waals surface area contributed by atoms with Gasteiger partial charge in [-0.15, -0.1) is 0 Å². The lowest BCUT2D eigenvalue weighted by Crippen LogP contribution is -2.12. The molecule has 3 N–H and O–H groups in total. The Labute approximate surface area is 115 Å². The largest absolute Gasteiger partial charge is 0.356 e. The summed E-state index contributed by atoms with van der Waals surface area (Å²) < 4.78 is 0. The van der Waals surface area contributed by atoms with E-state index in [9.17, 15) is 14.4 Å². The summed E-state index contributed by atoms with van der Waals surface area (Å²) in [5.41, 5.74) is 1.96. The number of benzene rings is 1. The van der Waals surface area contributed by atoms with Crippen LogP contribution < -0.4 is 10.6 Å². The summed E-state index contributed by atoms with van der Waals surface area (Å²) in [5, 5.41) is 5.31. The van der Waals surface area contributed by atoms with Crippen LogP contribution >= 0.6 is 0 Å². The summed E-state index contributed by atoms with van der Waals surface area (Å²) in [5.74, 6) is -0.500. The third-order valence-corrected chi connectivity index (χ3v) is 2.55. The van der Waals surface area contributed by atoms with Crippen LogP contribution in [0.5, 0.6) is 0 Å². The van der Waals surface area contributed by atoms with Gasteiger partial charge in [-0.05, 0) is 30.3 Å². The topological polar surface area (TPSA) is 91.1 Å². The van der Waals surface area contributed by atoms with Crippen LogP contribution in [-0.2, 0) is 4.79 Å². The van der Waals surface area contributed by atoms with Gasteiger partial charge in [0.05, 0.1) is 0 Å². The number of hydrogen-bond acceptors (Lipinski definition) is 3. The van der Waals surface area contributed by atoms with E-state index in [1.165, 1.54) is 19.2 Å². The number of H-pyrrole nitrogens is 1. The Bertz CT molecular complexity index is 644. The van der Waals surface area contributed by atoms with Gasteiger partial charge >= 0.3 is 0 Å². The molecule has 0 unspecified atom stereocenters. The van der Waals surface area contributed by atoms with Crippen molar-refractivity contribution in [2.45, 2.75) is 6.92 Å². The molecule has 2 rings (SSSR count). The summed E-state index contributed by atoms with van der Waals surface area (Å²) in [6.45, 7) is 1.42. The minimum absolute atomic E-state index is 0.158. The van der Waals surface area contributed by atoms with Crippen molar-refractivity contribution in [1.29, 1.82) is 0 Å². The van der Waals surface area contributed by atoms with Crippen molar-refractivity contribution >= 4 is 29.5 Å². The molecule has 0 aliphatic heterocycles. The number of amides is 2. The predicted octanol–water partition coefficient (Wildman–Crippen LogP) is 2.04. The molecule has 0 saturated heterocycles. The highest BCUT2D eigenvalue weighted by molar-refractivity contribution is 6.04. The first-order valence-electron chi connectivity index (χ1n) is 5.91. The third-order valence-electron chi connectivity index (χ3n) is 2.55. The number of aromatic amines is 1. The standard InChI is InChI=1S/C14H13N3O3/c1-9(19)16-11-2-4-12(5-3-11)17-14(20)13-6-10(8-18)7-15-13/h2-8,15H,1H3,(H,16,19)(H,17,20). The zero-order chi connectivity index (χ0) is 14.5. The molecule has 6 nitrogen and oxygen atoms in total. The first-order valence-corrected chi connectivity index (χ1v) is 5.91. The summed E-state index contributed by atoms with van der Waals surface area (Å²) >= 11 is 0. The van der Waals surface area contributed by atoms with Crippen LogP contribution in [0.15, 0.2) is 36.5 Å². The van der Waals surface area contributed by atoms with E-state index in [1.807, 2.05) is 0 Å². The smallest absolute Gasteiger partial charge is 0.272 e. The molecule has 1 heterocycles. The molecule has 0 aliphatic rings. The van der Waals surface area contributed by atoms with Crippen molar-refractivity contribution in [1.82, 2.24) is 4.98 Å². The Kier molecular flexibility index (Phi) is 3.95. The van der Waals surface area contributed by atoms with E-state index in [-0.39, 0.29) is 11.8 Å². The molecule has 0 saturated carbocycles. The lowest BCUT2D eigenvalue weighted by Gasteiger charge is -2.06. The van der Waals surface area contributed by atoms with E-state index >= 15 is 0 Å². The fraction of sp³-hybridized carbons (Fsp3) is 0.0714. The van der Waals surface area contributed by atoms with Crippen LogP contribution in [-0.4, -0.2) is 23.1 Å². The van der Waals surface area contributed by atoms with Crippen LogP contribution in [0.4, 0.5) is 11.4 Å². The van der Waals surface area contributed by atoms with E-state index in [4.69, 9.17) is 0 Å². The molecule has 0 radical (unpaired) electrons. The summed E-state index contributed by atoms with van der Waals surface area (Å²) in [6.07, 6.45) is 2.12. The van der Waals surface area contributed by atoms with Crippen LogP contribution in [0.2, 0.25) is 0 Å². The molecular formula is C14H13N3O3. The average molecular weight is 271 g/mol. The predicted molar refractivity (Wildman–Crippen MR) is 74.9 cm³/mol. The number of carbonyl (C=O) groups excluding carboxylic acids is 3. The lowest BCUT2D eigenvalue weighted by molar-refractivity contribution is -0.114. The van der Waals surface area contributed by atoms with E-state index < -0.39 is 0 Å². The molecular weight excluding hydrogens is 258 g/mol. The number of aldehydes is 1. The van der Waals surface area contributed by atoms with Crippen molar-refractivity contribution in [3.8, 4) is 0 Å². The van der Waals surface area contributed by atoms with E-state index in [0.29, 0.717) is 28.9 Å². The Morgan fingerprint density at radius 2 is 1.70 bits per heavy atom. The van der Waals surface area contributed by atoms with Crippen LogP contribution in [0.1, 0.15) is 27.8 Å². The van der Waals surface area contributed by atoms with Gasteiger partial charge in [-0.25, -0.2) is 0 Å². The average Bonchev–Trinajstić information content (AvgIpc) is 2.89. The van der Waals surface area contributed by atoms with Gasteiger partial charge in [0.25, 0.3) is 5.91 Å². The summed E-state index contributed by atoms with van der Waals surface area (Å²) in [4.78, 5) is 36.0. The van der Waals surface area contributed by atoms with Crippen molar-refractivity contribution < 1.29 is 14.4 Å². The van der Waals surface area contributed by atoms with E-state index in [1.54, 1.807) is 24.3 Å². The highest BCUT2D eigenvalue weighted by Crippen LogP contribution is 2.14. The molecule has 0 aliphatic carbocycles. The van der Waals surface area contributed by atoms with Crippen molar-refractivity contribution in [3.63, 3.8) is 0 Å². The first kappa shape index (κ1) is 13.5. The van der Waals surface area contributed by atoms with Crippen LogP contribution in [0, 0.1) is 0 Å². The van der Waals surface area contributed by atoms with Gasteiger partial charge in [0, 0.05) is 30.1 Å². The van der Waals surface area contributed by atoms with Gasteiger partial charge in [-0.1, -0.05) is 0 Å². The Morgan fingerprint density at radius 1 is 1.10 bits per heavy atom. The molecule has 102 valence electrons. The zero-order valence-electron chi connectivity index (χ0n) is 10.8. The number of hydrogen-bond donors (Lipinski definition) is 3. The molecule has 0 spiro atoms. The molecule has 2 amide bonds. The molecule has 20 heavy (non-hydrogen) atoms. The van der Waals surface area contributed by atoms with Gasteiger partial charge in [-0.2, -0.15) is 0 Å². The fourth-order valence-electron chi connectivity index (χ4n) is 1.65. The van der Waals surface area contributed by atoms with Gasteiger partial charge in [0.15, 0.2) is 6.29 Å². The lowest BCUT2D eigenvalue weighted by atomic mass is 10.2. The Morgan fingerprint density at radius 3 is 2.20 bits per heavy atom. The second-order valence-corrected chi connectivity index (χ2v) is 4.18. The van der Waals surface area contributed by atoms with Crippen LogP contribution in [0.3, 0.4) is 0 Å². The Hall–Kier alpha value is -2.89. The third kappa shape index (κ3) is 3.32. The maximum absolute atomic E-state index is 11.9. The second kappa shape index (κ2) is 5.83. The molecule has 6 heteroatoms. The fourth-order valence-corrected chi connectivity index (χ4v) is 1.65. The van der Waals surface area contributed by atoms with Crippen molar-refractivity contribution in [2.24, 2.45) is 0 Å². The van der Waals surface area contributed by atoms with Crippen LogP contribution in [0.25, 0.3) is 0 Å². The zero-order valence-corrected chi connectivity index (χ0v) is 10.8. The normalized spacial score (nSPS) is 9.85. The molecule has 0 fully saturated rings. The number of carbonyl (C=O) groups is 3. The number of anilines is 2. The van der Waals surface area contributed by atoms with E-state index in [2.05, 4.69) is 15.6 Å². The first-order chi connectivity index (χ1) is 9.58. The van der Waals surface area contributed by atoms with Crippen molar-refractivity contribution in [3.05, 3.63) is 47.8 Å². The van der Waals surface area contributed by atoms with Gasteiger partial charge in [0.1, 0.15) is 5.69 Å². The maximum atomic E-state index is 11.9. The Balaban J connectivity index is 2.04. The number of aromatic nitrogens is 1. The summed E-state index contributed by atoms with van der Waals surface area (Å²) in [7, 11) is 0. The van der Waals surface area contributed by atoms with Gasteiger partial charge in [-0.3, -0.25) is 14.4 Å². The molecule has 1 aromatic heterocycles. The summed E-state index contributed by atoms with van der Waals surface area (Å²) in [6, 6.07) is 8.18. The highest BCUT2D eigenvalue weighted by Gasteiger charge is 2.08. The van der Waals surface area contributed by atoms with Crippen molar-refractivity contribution in [2.75, 3.05) is 10.6 Å². The maximum Gasteiger partial charge on any atom is 0.272 e. The van der Waals surface area contributed by atoms with Gasteiger partial charge < -0.3 is 15.6 Å². The SMILES string of the molecule is CC(=O)Nc1ccc(NC(=O)c2cc(C=O)c[nH]2)cc1. The highest BCUT2D eigenvalue weighted by atomic mass is 16.2. The van der Waals surface area contributed by atoms with Gasteiger partial charge in [0.2, 0.25) is 5.91 Å². The number of nitrogens with one attached hydrogen (secondary N) is 3. The minimum atomic E-state index is -0.342. The molecule has 0 atom stereocenters. The number of rotatable bonds is 4. The molecule has 2 aromatic rings. The second-order valence-electron chi connectivity index (χ2n) is 4.18. The van der Waals surface area contributed by atoms with E-state index in [0.717, 1.165) is 0 Å². The molecule has 1 aromatic carbocycles. The minimum Gasteiger partial charge on any atom is -0.356 e. The monoisotopic (exact) mass is 271 g/mol. The molecule has 0 bridgehead atoms.